The summed E-state index contributed by atoms with van der Waals surface area (Å²) >= 11 is 0. The highest BCUT2D eigenvalue weighted by Gasteiger charge is 2.04. The zero-order valence-corrected chi connectivity index (χ0v) is 6.63. The lowest BCUT2D eigenvalue weighted by Gasteiger charge is -1.90. The standard InChI is InChI=1S/C3H9N.H2NO3P/c1-4(2)3;1-4-5(2)3/h1-3H3;1H2/p+1. The molecule has 0 amide bonds. The predicted molar refractivity (Wildman–Crippen MR) is 34.7 cm³/mol. The van der Waals surface area contributed by atoms with Crippen molar-refractivity contribution in [1.29, 1.82) is 0 Å². The van der Waals surface area contributed by atoms with E-state index in [1.54, 1.807) is 0 Å². The molecule has 0 spiro atoms. The number of hydrogen-bond donors (Lipinski definition) is 2. The molecule has 0 bridgehead atoms. The summed E-state index contributed by atoms with van der Waals surface area (Å²) in [6, 6.07) is 0. The van der Waals surface area contributed by atoms with Crippen LogP contribution < -0.4 is 5.90 Å². The maximum atomic E-state index is 9.17. The van der Waals surface area contributed by atoms with Gasteiger partial charge in [0.2, 0.25) is 0 Å². The Kier molecular flexibility index (Phi) is 10.3. The van der Waals surface area contributed by atoms with E-state index < -0.39 is 8.25 Å². The number of nitrogens with two attached hydrogens (primary N) is 1. The normalized spacial score (nSPS) is 10.2. The summed E-state index contributed by atoms with van der Waals surface area (Å²) in [7, 11) is 3.43. The molecule has 0 rings (SSSR count). The fourth-order valence-corrected chi connectivity index (χ4v) is 0. The summed E-state index contributed by atoms with van der Waals surface area (Å²) in [6.07, 6.45) is 0. The highest BCUT2D eigenvalue weighted by atomic mass is 31.1. The Morgan fingerprint density at radius 3 is 1.67 bits per heavy atom. The van der Waals surface area contributed by atoms with E-state index in [0.717, 1.165) is 0 Å². The molecule has 0 aliphatic heterocycles. The summed E-state index contributed by atoms with van der Waals surface area (Å²) in [6.45, 7) is 0. The molecule has 0 aromatic carbocycles. The first-order chi connectivity index (χ1) is 4.00. The van der Waals surface area contributed by atoms with Gasteiger partial charge in [-0.3, -0.25) is 0 Å². The molecule has 56 valence electrons. The summed E-state index contributed by atoms with van der Waals surface area (Å²) in [5.74, 6) is 4.14. The van der Waals surface area contributed by atoms with Crippen molar-refractivity contribution >= 4 is 8.25 Å². The van der Waals surface area contributed by atoms with Crippen LogP contribution in [-0.4, -0.2) is 30.9 Å². The van der Waals surface area contributed by atoms with Gasteiger partial charge in [-0.25, -0.2) is 0 Å². The maximum absolute atomic E-state index is 9.17. The molecule has 0 radical (unpaired) electrons. The molecule has 6 heteroatoms. The Labute approximate surface area is 55.3 Å². The Hall–Kier alpha value is -0.0600. The van der Waals surface area contributed by atoms with Gasteiger partial charge >= 0.3 is 8.25 Å². The van der Waals surface area contributed by atoms with Crippen molar-refractivity contribution in [2.24, 2.45) is 5.90 Å². The predicted octanol–water partition coefficient (Wildman–Crippen LogP) is -0.296. The lowest BCUT2D eigenvalue weighted by molar-refractivity contribution is 0.292. The van der Waals surface area contributed by atoms with Gasteiger partial charge in [-0.1, -0.05) is 0 Å². The zero-order chi connectivity index (χ0) is 7.86. The molecule has 0 saturated carbocycles. The van der Waals surface area contributed by atoms with Crippen LogP contribution in [0.25, 0.3) is 0 Å². The number of rotatable bonds is 1. The third-order valence-corrected chi connectivity index (χ3v) is 0.271. The van der Waals surface area contributed by atoms with E-state index in [9.17, 15) is 0 Å². The van der Waals surface area contributed by atoms with Crippen molar-refractivity contribution in [3.05, 3.63) is 0 Å². The molecule has 0 aromatic heterocycles. The molecule has 1 unspecified atom stereocenters. The van der Waals surface area contributed by atoms with E-state index in [4.69, 9.17) is 9.46 Å². The van der Waals surface area contributed by atoms with Gasteiger partial charge < -0.3 is 4.90 Å². The van der Waals surface area contributed by atoms with Gasteiger partial charge in [0.25, 0.3) is 0 Å². The first-order valence-electron chi connectivity index (χ1n) is 2.14. The smallest absolute Gasteiger partial charge is 0.312 e. The molecule has 0 heterocycles. The fourth-order valence-electron chi connectivity index (χ4n) is 0. The minimum atomic E-state index is -2.57. The molecular formula is C3H12N2O3P+. The van der Waals surface area contributed by atoms with Crippen molar-refractivity contribution in [1.82, 2.24) is 4.90 Å². The second-order valence-corrected chi connectivity index (χ2v) is 2.37. The van der Waals surface area contributed by atoms with Gasteiger partial charge in [-0.2, -0.15) is 5.90 Å². The molecule has 9 heavy (non-hydrogen) atoms. The van der Waals surface area contributed by atoms with Crippen molar-refractivity contribution in [3.8, 4) is 0 Å². The molecule has 0 saturated heterocycles. The van der Waals surface area contributed by atoms with Crippen molar-refractivity contribution in [3.63, 3.8) is 0 Å². The molecule has 1 atom stereocenters. The first kappa shape index (κ1) is 11.7. The minimum absolute atomic E-state index is 2.00. The third kappa shape index (κ3) is 74.4. The van der Waals surface area contributed by atoms with E-state index in [0.29, 0.717) is 0 Å². The van der Waals surface area contributed by atoms with Crippen LogP contribution in [0.2, 0.25) is 0 Å². The fraction of sp³-hybridized carbons (Fsp3) is 1.00. The molecule has 3 N–H and O–H groups in total. The van der Waals surface area contributed by atoms with E-state index >= 15 is 0 Å². The van der Waals surface area contributed by atoms with Crippen molar-refractivity contribution in [2.75, 3.05) is 21.1 Å². The Morgan fingerprint density at radius 1 is 1.56 bits per heavy atom. The molecule has 0 fully saturated rings. The van der Waals surface area contributed by atoms with Crippen molar-refractivity contribution in [2.45, 2.75) is 0 Å². The number of nitrogens with zero attached hydrogens (tertiary/aromatic N) is 1. The highest BCUT2D eigenvalue weighted by Crippen LogP contribution is 2.07. The Balaban J connectivity index is 0. The van der Waals surface area contributed by atoms with Gasteiger partial charge in [0.15, 0.2) is 0 Å². The van der Waals surface area contributed by atoms with Gasteiger partial charge in [0.1, 0.15) is 0 Å². The average Bonchev–Trinajstić information content (AvgIpc) is 1.65. The monoisotopic (exact) mass is 155 g/mol. The van der Waals surface area contributed by atoms with Crippen LogP contribution in [0, 0.1) is 0 Å². The van der Waals surface area contributed by atoms with Crippen LogP contribution in [-0.2, 0) is 9.19 Å². The van der Waals surface area contributed by atoms with E-state index in [2.05, 4.69) is 10.5 Å². The van der Waals surface area contributed by atoms with Gasteiger partial charge in [-0.15, -0.1) is 4.89 Å². The van der Waals surface area contributed by atoms with Crippen LogP contribution in [0.5, 0.6) is 0 Å². The average molecular weight is 155 g/mol. The molecule has 0 aliphatic rings. The Bertz CT molecular complexity index is 74.7. The maximum Gasteiger partial charge on any atom is 0.713 e. The second-order valence-electron chi connectivity index (χ2n) is 1.68. The largest absolute Gasteiger partial charge is 0.713 e. The van der Waals surface area contributed by atoms with E-state index in [1.807, 2.05) is 26.0 Å². The summed E-state index contributed by atoms with van der Waals surface area (Å²) in [5.41, 5.74) is 0. The zero-order valence-electron chi connectivity index (χ0n) is 5.74. The van der Waals surface area contributed by atoms with Gasteiger partial charge in [0.05, 0.1) is 0 Å². The van der Waals surface area contributed by atoms with Crippen LogP contribution in [0.1, 0.15) is 0 Å². The highest BCUT2D eigenvalue weighted by molar-refractivity contribution is 7.32. The summed E-state index contributed by atoms with van der Waals surface area (Å²) in [4.78, 5) is 9.52. The molecular weight excluding hydrogens is 143 g/mol. The SMILES string of the molecule is CN(C)C.NO[P+](=O)O. The van der Waals surface area contributed by atoms with E-state index in [-0.39, 0.29) is 0 Å². The first-order valence-corrected chi connectivity index (χ1v) is 3.27. The topological polar surface area (TPSA) is 75.8 Å². The molecule has 0 aromatic rings. The van der Waals surface area contributed by atoms with Crippen LogP contribution in [0.3, 0.4) is 0 Å². The summed E-state index contributed by atoms with van der Waals surface area (Å²) < 4.78 is 12.5. The minimum Gasteiger partial charge on any atom is -0.312 e. The number of hydrogen-bond acceptors (Lipinski definition) is 4. The quantitative estimate of drug-likeness (QED) is 0.401. The third-order valence-electron chi connectivity index (χ3n) is 0.0902. The van der Waals surface area contributed by atoms with Crippen LogP contribution in [0.4, 0.5) is 0 Å². The molecule has 0 aliphatic carbocycles. The second kappa shape index (κ2) is 7.94. The van der Waals surface area contributed by atoms with Crippen molar-refractivity contribution < 1.29 is 14.1 Å². The van der Waals surface area contributed by atoms with Gasteiger partial charge in [0, 0.05) is 4.57 Å². The summed E-state index contributed by atoms with van der Waals surface area (Å²) in [5, 5.41) is 0. The lowest BCUT2D eigenvalue weighted by Crippen LogP contribution is -1.99. The van der Waals surface area contributed by atoms with Crippen LogP contribution >= 0.6 is 8.25 Å². The van der Waals surface area contributed by atoms with E-state index in [1.165, 1.54) is 0 Å². The Morgan fingerprint density at radius 2 is 1.67 bits per heavy atom. The lowest BCUT2D eigenvalue weighted by atomic mass is 11.0. The van der Waals surface area contributed by atoms with Gasteiger partial charge in [-0.05, 0) is 25.8 Å². The molecule has 5 nitrogen and oxygen atoms in total. The van der Waals surface area contributed by atoms with Crippen LogP contribution in [0.15, 0.2) is 0 Å².